The third kappa shape index (κ3) is 6.36. The molecule has 0 heterocycles. The van der Waals surface area contributed by atoms with Crippen LogP contribution in [-0.4, -0.2) is 41.4 Å². The minimum Gasteiger partial charge on any atom is -0.466 e. The minimum atomic E-state index is -0.488. The third-order valence-electron chi connectivity index (χ3n) is 3.56. The van der Waals surface area contributed by atoms with E-state index in [4.69, 9.17) is 4.74 Å². The van der Waals surface area contributed by atoms with Crippen molar-refractivity contribution >= 4 is 17.6 Å². The Kier molecular flexibility index (Phi) is 8.46. The smallest absolute Gasteiger partial charge is 0.307 e. The van der Waals surface area contributed by atoms with Gasteiger partial charge >= 0.3 is 5.97 Å². The predicted octanol–water partition coefficient (Wildman–Crippen LogP) is 2.72. The zero-order valence-electron chi connectivity index (χ0n) is 14.2. The van der Waals surface area contributed by atoms with Crippen molar-refractivity contribution in [2.75, 3.05) is 19.7 Å². The molecule has 1 aromatic rings. The van der Waals surface area contributed by atoms with Crippen LogP contribution in [0.15, 0.2) is 24.3 Å². The maximum Gasteiger partial charge on any atom is 0.307 e. The van der Waals surface area contributed by atoms with Gasteiger partial charge in [0.2, 0.25) is 5.91 Å². The van der Waals surface area contributed by atoms with Crippen molar-refractivity contribution in [3.05, 3.63) is 39.9 Å². The van der Waals surface area contributed by atoms with Gasteiger partial charge < -0.3 is 9.64 Å². The van der Waals surface area contributed by atoms with Crippen LogP contribution >= 0.6 is 0 Å². The molecule has 132 valence electrons. The fourth-order valence-corrected chi connectivity index (χ4v) is 2.28. The van der Waals surface area contributed by atoms with Gasteiger partial charge in [-0.15, -0.1) is 0 Å². The van der Waals surface area contributed by atoms with Crippen molar-refractivity contribution in [1.82, 2.24) is 4.90 Å². The normalized spacial score (nSPS) is 10.2. The molecule has 1 amide bonds. The lowest BCUT2D eigenvalue weighted by Crippen LogP contribution is -2.35. The molecular formula is C17H24N2O5. The third-order valence-corrected chi connectivity index (χ3v) is 3.56. The Bertz CT molecular complexity index is 574. The van der Waals surface area contributed by atoms with Crippen LogP contribution in [0.2, 0.25) is 0 Å². The number of esters is 1. The standard InChI is InChI=1S/C17H24N2O5/c1-3-5-11-18(12-10-17(21)24-4-2)16(20)13-14-8-6-7-9-15(14)19(22)23/h6-9H,3-5,10-13H2,1-2H3. The van der Waals surface area contributed by atoms with E-state index in [1.165, 1.54) is 6.07 Å². The maximum absolute atomic E-state index is 12.5. The topological polar surface area (TPSA) is 89.8 Å². The first-order valence-electron chi connectivity index (χ1n) is 8.15. The SMILES string of the molecule is CCCCN(CCC(=O)OCC)C(=O)Cc1ccccc1[N+](=O)[O-]. The molecule has 7 nitrogen and oxygen atoms in total. The van der Waals surface area contributed by atoms with Gasteiger partial charge in [0, 0.05) is 24.7 Å². The van der Waals surface area contributed by atoms with Gasteiger partial charge in [-0.05, 0) is 13.3 Å². The highest BCUT2D eigenvalue weighted by molar-refractivity contribution is 5.80. The summed E-state index contributed by atoms with van der Waals surface area (Å²) in [6.07, 6.45) is 1.80. The number of benzene rings is 1. The molecule has 1 rings (SSSR count). The number of nitro groups is 1. The molecule has 0 radical (unpaired) electrons. The molecule has 24 heavy (non-hydrogen) atoms. The minimum absolute atomic E-state index is 0.0519. The molecule has 0 saturated carbocycles. The van der Waals surface area contributed by atoms with Crippen molar-refractivity contribution in [2.45, 2.75) is 39.5 Å². The fraction of sp³-hybridized carbons (Fsp3) is 0.529. The molecule has 0 spiro atoms. The van der Waals surface area contributed by atoms with Crippen LogP contribution in [0.1, 0.15) is 38.7 Å². The average molecular weight is 336 g/mol. The van der Waals surface area contributed by atoms with E-state index in [-0.39, 0.29) is 37.0 Å². The number of amides is 1. The summed E-state index contributed by atoms with van der Waals surface area (Å²) in [5.41, 5.74) is 0.316. The van der Waals surface area contributed by atoms with Crippen LogP contribution in [0.4, 0.5) is 5.69 Å². The Hall–Kier alpha value is -2.44. The first-order chi connectivity index (χ1) is 11.5. The van der Waals surface area contributed by atoms with E-state index in [2.05, 4.69) is 0 Å². The number of nitro benzene ring substituents is 1. The number of para-hydroxylation sites is 1. The van der Waals surface area contributed by atoms with Crippen LogP contribution in [-0.2, 0) is 20.7 Å². The molecule has 7 heteroatoms. The molecule has 0 bridgehead atoms. The van der Waals surface area contributed by atoms with Crippen LogP contribution in [0.25, 0.3) is 0 Å². The number of unbranched alkanes of at least 4 members (excludes halogenated alkanes) is 1. The summed E-state index contributed by atoms with van der Waals surface area (Å²) in [6.45, 7) is 4.83. The fourth-order valence-electron chi connectivity index (χ4n) is 2.28. The summed E-state index contributed by atoms with van der Waals surface area (Å²) in [7, 11) is 0. The maximum atomic E-state index is 12.5. The Morgan fingerprint density at radius 1 is 1.21 bits per heavy atom. The molecule has 0 aliphatic heterocycles. The van der Waals surface area contributed by atoms with Crippen molar-refractivity contribution in [3.63, 3.8) is 0 Å². The lowest BCUT2D eigenvalue weighted by Gasteiger charge is -2.22. The van der Waals surface area contributed by atoms with Gasteiger partial charge in [-0.3, -0.25) is 19.7 Å². The van der Waals surface area contributed by atoms with E-state index < -0.39 is 4.92 Å². The number of hydrogen-bond acceptors (Lipinski definition) is 5. The summed E-state index contributed by atoms with van der Waals surface area (Å²) in [5.74, 6) is -0.570. The number of carbonyl (C=O) groups is 2. The van der Waals surface area contributed by atoms with Gasteiger partial charge in [-0.2, -0.15) is 0 Å². The number of rotatable bonds is 10. The zero-order valence-corrected chi connectivity index (χ0v) is 14.2. The number of ether oxygens (including phenoxy) is 1. The first kappa shape index (κ1) is 19.6. The Morgan fingerprint density at radius 2 is 1.92 bits per heavy atom. The van der Waals surface area contributed by atoms with Crippen LogP contribution in [0.3, 0.4) is 0 Å². The Balaban J connectivity index is 2.77. The molecule has 0 fully saturated rings. The molecule has 0 atom stereocenters. The average Bonchev–Trinajstić information content (AvgIpc) is 2.55. The summed E-state index contributed by atoms with van der Waals surface area (Å²) in [4.78, 5) is 36.2. The largest absolute Gasteiger partial charge is 0.466 e. The van der Waals surface area contributed by atoms with Gasteiger partial charge in [0.15, 0.2) is 0 Å². The van der Waals surface area contributed by atoms with E-state index in [0.29, 0.717) is 18.7 Å². The van der Waals surface area contributed by atoms with Crippen molar-refractivity contribution in [2.24, 2.45) is 0 Å². The second-order valence-corrected chi connectivity index (χ2v) is 5.35. The molecule has 0 N–H and O–H groups in total. The first-order valence-corrected chi connectivity index (χ1v) is 8.15. The molecule has 0 aliphatic rings. The Labute approximate surface area is 141 Å². The summed E-state index contributed by atoms with van der Waals surface area (Å²) >= 11 is 0. The van der Waals surface area contributed by atoms with Crippen LogP contribution in [0, 0.1) is 10.1 Å². The quantitative estimate of drug-likeness (QED) is 0.372. The molecule has 0 unspecified atom stereocenters. The van der Waals surface area contributed by atoms with Crippen LogP contribution in [0.5, 0.6) is 0 Å². The summed E-state index contributed by atoms with van der Waals surface area (Å²) in [6, 6.07) is 6.21. The zero-order chi connectivity index (χ0) is 17.9. The molecule has 0 aromatic heterocycles. The summed E-state index contributed by atoms with van der Waals surface area (Å²) < 4.78 is 4.88. The number of carbonyl (C=O) groups excluding carboxylic acids is 2. The highest BCUT2D eigenvalue weighted by Gasteiger charge is 2.20. The lowest BCUT2D eigenvalue weighted by atomic mass is 10.1. The van der Waals surface area contributed by atoms with Gasteiger partial charge in [-0.1, -0.05) is 31.5 Å². The van der Waals surface area contributed by atoms with Gasteiger partial charge in [-0.25, -0.2) is 0 Å². The van der Waals surface area contributed by atoms with E-state index in [0.717, 1.165) is 12.8 Å². The lowest BCUT2D eigenvalue weighted by molar-refractivity contribution is -0.385. The van der Waals surface area contributed by atoms with Gasteiger partial charge in [0.1, 0.15) is 0 Å². The second kappa shape index (κ2) is 10.4. The van der Waals surface area contributed by atoms with Crippen molar-refractivity contribution < 1.29 is 19.2 Å². The van der Waals surface area contributed by atoms with Crippen LogP contribution < -0.4 is 0 Å². The molecular weight excluding hydrogens is 312 g/mol. The summed E-state index contributed by atoms with van der Waals surface area (Å²) in [5, 5.41) is 11.1. The number of nitrogens with zero attached hydrogens (tertiary/aromatic N) is 2. The Morgan fingerprint density at radius 3 is 2.54 bits per heavy atom. The molecule has 0 saturated heterocycles. The monoisotopic (exact) mass is 336 g/mol. The van der Waals surface area contributed by atoms with Crippen molar-refractivity contribution in [3.8, 4) is 0 Å². The van der Waals surface area contributed by atoms with E-state index in [1.807, 2.05) is 6.92 Å². The molecule has 0 aliphatic carbocycles. The van der Waals surface area contributed by atoms with E-state index in [9.17, 15) is 19.7 Å². The van der Waals surface area contributed by atoms with E-state index in [1.54, 1.807) is 30.0 Å². The highest BCUT2D eigenvalue weighted by atomic mass is 16.6. The van der Waals surface area contributed by atoms with Gasteiger partial charge in [0.05, 0.1) is 24.4 Å². The second-order valence-electron chi connectivity index (χ2n) is 5.35. The highest BCUT2D eigenvalue weighted by Crippen LogP contribution is 2.19. The number of hydrogen-bond donors (Lipinski definition) is 0. The van der Waals surface area contributed by atoms with Gasteiger partial charge in [0.25, 0.3) is 5.69 Å². The molecule has 1 aromatic carbocycles. The predicted molar refractivity (Wildman–Crippen MR) is 89.5 cm³/mol. The van der Waals surface area contributed by atoms with E-state index >= 15 is 0 Å². The van der Waals surface area contributed by atoms with Crippen molar-refractivity contribution in [1.29, 1.82) is 0 Å².